The Kier molecular flexibility index (Phi) is 4.33. The molecule has 2 aromatic rings. The molecule has 0 aliphatic heterocycles. The number of hydrogen-bond donors (Lipinski definition) is 1. The molecule has 0 fully saturated rings. The highest BCUT2D eigenvalue weighted by Crippen LogP contribution is 2.24. The van der Waals surface area contributed by atoms with E-state index in [1.165, 1.54) is 12.1 Å². The van der Waals surface area contributed by atoms with Crippen LogP contribution in [-0.2, 0) is 0 Å². The average molecular weight is 296 g/mol. The summed E-state index contributed by atoms with van der Waals surface area (Å²) in [5, 5.41) is 2.47. The normalized spacial score (nSPS) is 9.90. The Bertz CT molecular complexity index is 673. The third-order valence-electron chi connectivity index (χ3n) is 2.22. The van der Waals surface area contributed by atoms with Gasteiger partial charge in [-0.2, -0.15) is 4.98 Å². The van der Waals surface area contributed by atoms with Crippen molar-refractivity contribution in [2.75, 3.05) is 11.9 Å². The van der Waals surface area contributed by atoms with Gasteiger partial charge >= 0.3 is 0 Å². The molecule has 4 nitrogen and oxygen atoms in total. The molecule has 0 atom stereocenters. The number of aromatic nitrogens is 2. The van der Waals surface area contributed by atoms with Crippen molar-refractivity contribution in [2.45, 2.75) is 0 Å². The number of ether oxygens (including phenoxy) is 1. The van der Waals surface area contributed by atoms with Crippen molar-refractivity contribution in [2.24, 2.45) is 0 Å². The molecular weight excluding hydrogens is 288 g/mol. The van der Waals surface area contributed by atoms with Gasteiger partial charge in [0.2, 0.25) is 5.28 Å². The van der Waals surface area contributed by atoms with Gasteiger partial charge in [-0.05, 0) is 23.7 Å². The molecule has 20 heavy (non-hydrogen) atoms. The van der Waals surface area contributed by atoms with Crippen LogP contribution < -0.4 is 10.1 Å². The molecule has 0 amide bonds. The summed E-state index contributed by atoms with van der Waals surface area (Å²) >= 11 is 5.56. The van der Waals surface area contributed by atoms with Crippen LogP contribution in [0, 0.1) is 24.0 Å². The minimum Gasteiger partial charge on any atom is -0.478 e. The van der Waals surface area contributed by atoms with Crippen molar-refractivity contribution < 1.29 is 13.5 Å². The molecule has 2 rings (SSSR count). The first-order valence-electron chi connectivity index (χ1n) is 5.41. The summed E-state index contributed by atoms with van der Waals surface area (Å²) in [6.07, 6.45) is 5.93. The monoisotopic (exact) mass is 295 g/mol. The highest BCUT2D eigenvalue weighted by atomic mass is 35.5. The Morgan fingerprint density at radius 1 is 1.35 bits per heavy atom. The first-order chi connectivity index (χ1) is 9.60. The Morgan fingerprint density at radius 3 is 2.85 bits per heavy atom. The molecule has 0 spiro atoms. The summed E-state index contributed by atoms with van der Waals surface area (Å²) in [5.41, 5.74) is 0.282. The molecule has 0 bridgehead atoms. The number of benzene rings is 1. The van der Waals surface area contributed by atoms with Crippen molar-refractivity contribution in [3.05, 3.63) is 41.3 Å². The Morgan fingerprint density at radius 2 is 2.15 bits per heavy atom. The maximum atomic E-state index is 13.7. The summed E-state index contributed by atoms with van der Waals surface area (Å²) in [4.78, 5) is 7.13. The van der Waals surface area contributed by atoms with Crippen LogP contribution in [0.2, 0.25) is 5.28 Å². The van der Waals surface area contributed by atoms with E-state index in [4.69, 9.17) is 22.8 Å². The largest absolute Gasteiger partial charge is 0.478 e. The smallest absolute Gasteiger partial charge is 0.224 e. The molecule has 7 heteroatoms. The van der Waals surface area contributed by atoms with Crippen molar-refractivity contribution >= 4 is 23.1 Å². The van der Waals surface area contributed by atoms with Gasteiger partial charge in [0, 0.05) is 11.8 Å². The molecule has 1 heterocycles. The maximum Gasteiger partial charge on any atom is 0.224 e. The summed E-state index contributed by atoms with van der Waals surface area (Å²) in [6, 6.07) is 3.99. The molecular formula is C13H8ClF2N3O. The van der Waals surface area contributed by atoms with Crippen LogP contribution in [-0.4, -0.2) is 16.6 Å². The highest BCUT2D eigenvalue weighted by Gasteiger charge is 2.09. The summed E-state index contributed by atoms with van der Waals surface area (Å²) in [7, 11) is 0. The molecule has 1 N–H and O–H groups in total. The van der Waals surface area contributed by atoms with Crippen molar-refractivity contribution in [3.8, 4) is 18.1 Å². The van der Waals surface area contributed by atoms with E-state index < -0.39 is 11.6 Å². The number of rotatable bonds is 4. The van der Waals surface area contributed by atoms with Crippen LogP contribution in [0.5, 0.6) is 5.75 Å². The Hall–Kier alpha value is -2.39. The second-order valence-electron chi connectivity index (χ2n) is 3.60. The van der Waals surface area contributed by atoms with E-state index in [0.29, 0.717) is 0 Å². The minimum atomic E-state index is -0.706. The Labute approximate surface area is 118 Å². The van der Waals surface area contributed by atoms with Gasteiger partial charge in [0.15, 0.2) is 23.2 Å². The lowest BCUT2D eigenvalue weighted by Crippen LogP contribution is -2.00. The third-order valence-corrected chi connectivity index (χ3v) is 2.40. The van der Waals surface area contributed by atoms with Crippen LogP contribution in [0.3, 0.4) is 0 Å². The van der Waals surface area contributed by atoms with Crippen LogP contribution in [0.1, 0.15) is 0 Å². The number of nitrogens with zero attached hydrogens (tertiary/aromatic N) is 2. The summed E-state index contributed by atoms with van der Waals surface area (Å²) in [5.74, 6) is 0.744. The third kappa shape index (κ3) is 3.33. The zero-order valence-electron chi connectivity index (χ0n) is 10.0. The predicted molar refractivity (Wildman–Crippen MR) is 71.0 cm³/mol. The number of anilines is 2. The lowest BCUT2D eigenvalue weighted by Gasteiger charge is -2.09. The first-order valence-corrected chi connectivity index (χ1v) is 5.79. The second kappa shape index (κ2) is 6.17. The van der Waals surface area contributed by atoms with E-state index in [-0.39, 0.29) is 29.1 Å². The molecule has 1 aromatic heterocycles. The van der Waals surface area contributed by atoms with E-state index in [2.05, 4.69) is 21.2 Å². The first kappa shape index (κ1) is 14.0. The molecule has 0 radical (unpaired) electrons. The van der Waals surface area contributed by atoms with Crippen LogP contribution in [0.15, 0.2) is 24.4 Å². The van der Waals surface area contributed by atoms with E-state index in [9.17, 15) is 8.78 Å². The fourth-order valence-electron chi connectivity index (χ4n) is 1.39. The van der Waals surface area contributed by atoms with Crippen molar-refractivity contribution in [3.63, 3.8) is 0 Å². The standard InChI is InChI=1S/C13H8ClF2N3O/c1-2-5-20-11-4-3-8(6-9(11)15)18-12-10(16)7-17-13(14)19-12/h1,3-4,6-7H,5H2,(H,17,18,19). The van der Waals surface area contributed by atoms with E-state index in [0.717, 1.165) is 12.3 Å². The zero-order chi connectivity index (χ0) is 14.5. The Balaban J connectivity index is 2.20. The van der Waals surface area contributed by atoms with Crippen molar-refractivity contribution in [1.82, 2.24) is 9.97 Å². The number of halogens is 3. The zero-order valence-corrected chi connectivity index (χ0v) is 10.8. The lowest BCUT2D eigenvalue weighted by atomic mass is 10.3. The number of hydrogen-bond acceptors (Lipinski definition) is 4. The van der Waals surface area contributed by atoms with Gasteiger partial charge in [0.05, 0.1) is 6.20 Å². The van der Waals surface area contributed by atoms with Gasteiger partial charge in [-0.15, -0.1) is 6.42 Å². The van der Waals surface area contributed by atoms with Gasteiger partial charge in [0.1, 0.15) is 6.61 Å². The van der Waals surface area contributed by atoms with Crippen molar-refractivity contribution in [1.29, 1.82) is 0 Å². The predicted octanol–water partition coefficient (Wildman–Crippen LogP) is 3.16. The maximum absolute atomic E-state index is 13.7. The molecule has 0 aliphatic carbocycles. The van der Waals surface area contributed by atoms with Gasteiger partial charge < -0.3 is 10.1 Å². The fourth-order valence-corrected chi connectivity index (χ4v) is 1.52. The van der Waals surface area contributed by atoms with Crippen LogP contribution in [0.25, 0.3) is 0 Å². The number of terminal acetylenes is 1. The van der Waals surface area contributed by atoms with Gasteiger partial charge in [-0.25, -0.2) is 13.8 Å². The van der Waals surface area contributed by atoms with Gasteiger partial charge in [-0.3, -0.25) is 0 Å². The molecule has 0 saturated heterocycles. The minimum absolute atomic E-state index is 0.00897. The fraction of sp³-hybridized carbons (Fsp3) is 0.0769. The van der Waals surface area contributed by atoms with E-state index in [1.54, 1.807) is 0 Å². The quantitative estimate of drug-likeness (QED) is 0.695. The van der Waals surface area contributed by atoms with Crippen LogP contribution >= 0.6 is 11.6 Å². The molecule has 0 unspecified atom stereocenters. The second-order valence-corrected chi connectivity index (χ2v) is 3.94. The SMILES string of the molecule is C#CCOc1ccc(Nc2nc(Cl)ncc2F)cc1F. The molecule has 102 valence electrons. The lowest BCUT2D eigenvalue weighted by molar-refractivity contribution is 0.348. The van der Waals surface area contributed by atoms with Gasteiger partial charge in [0.25, 0.3) is 0 Å². The summed E-state index contributed by atoms with van der Waals surface area (Å²) in [6.45, 7) is -0.0418. The molecule has 1 aromatic carbocycles. The average Bonchev–Trinajstić information content (AvgIpc) is 2.42. The van der Waals surface area contributed by atoms with E-state index in [1.807, 2.05) is 0 Å². The van der Waals surface area contributed by atoms with Gasteiger partial charge in [-0.1, -0.05) is 5.92 Å². The van der Waals surface area contributed by atoms with E-state index >= 15 is 0 Å². The topological polar surface area (TPSA) is 47.0 Å². The molecule has 0 saturated carbocycles. The highest BCUT2D eigenvalue weighted by molar-refractivity contribution is 6.28. The van der Waals surface area contributed by atoms with Crippen LogP contribution in [0.4, 0.5) is 20.3 Å². The number of nitrogens with one attached hydrogen (secondary N) is 1. The summed E-state index contributed by atoms with van der Waals surface area (Å²) < 4.78 is 32.1. The molecule has 0 aliphatic rings.